The average molecular weight is 671 g/mol. The van der Waals surface area contributed by atoms with Crippen molar-refractivity contribution >= 4 is 88.8 Å². The number of hydrogen-bond donors (Lipinski definition) is 0. The predicted molar refractivity (Wildman–Crippen MR) is 217 cm³/mol. The first kappa shape index (κ1) is 30.1. The minimum absolute atomic E-state index is 0.841. The highest BCUT2D eigenvalue weighted by molar-refractivity contribution is 6.17. The summed E-state index contributed by atoms with van der Waals surface area (Å²) in [5.74, 6) is 0. The van der Waals surface area contributed by atoms with Gasteiger partial charge in [0.2, 0.25) is 0 Å². The Hall–Kier alpha value is -6.78. The van der Waals surface area contributed by atoms with E-state index < -0.39 is 0 Å². The Kier molecular flexibility index (Phi) is 6.90. The molecule has 0 atom stereocenters. The molecule has 248 valence electrons. The number of para-hydroxylation sites is 4. The molecule has 0 fully saturated rings. The van der Waals surface area contributed by atoms with E-state index in [9.17, 15) is 0 Å². The zero-order chi connectivity index (χ0) is 34.8. The largest absolute Gasteiger partial charge is 0.456 e. The normalized spacial score (nSPS) is 11.7. The Labute approximate surface area is 301 Å². The van der Waals surface area contributed by atoms with Crippen molar-refractivity contribution in [1.82, 2.24) is 0 Å². The molecule has 4 nitrogen and oxygen atoms in total. The number of rotatable bonds is 6. The summed E-state index contributed by atoms with van der Waals surface area (Å²) in [6, 6.07) is 59.9. The standard InChI is InChI=1S/C48H34N2O2/c1-31-13-9-11-19-43(31)49(35-15-5-3-6-16-35)37-22-21-33-26-40-42-30-47-41(29-48(42)51-45(40)27-34(33)25-37)39-24-23-38(28-46(39)52-47)50(36-17-7-4-8-18-36)44-20-12-10-14-32(44)2/h3-30H,1-2H3. The third kappa shape index (κ3) is 4.91. The van der Waals surface area contributed by atoms with E-state index in [0.717, 1.165) is 88.8 Å². The third-order valence-electron chi connectivity index (χ3n) is 10.2. The highest BCUT2D eigenvalue weighted by atomic mass is 16.3. The van der Waals surface area contributed by atoms with Crippen LogP contribution in [0.1, 0.15) is 11.1 Å². The van der Waals surface area contributed by atoms with Crippen LogP contribution in [0.5, 0.6) is 0 Å². The van der Waals surface area contributed by atoms with E-state index in [1.165, 1.54) is 11.1 Å². The lowest BCUT2D eigenvalue weighted by Crippen LogP contribution is -2.11. The molecule has 0 aliphatic carbocycles. The smallest absolute Gasteiger partial charge is 0.137 e. The topological polar surface area (TPSA) is 32.8 Å². The summed E-state index contributed by atoms with van der Waals surface area (Å²) >= 11 is 0. The van der Waals surface area contributed by atoms with Crippen LogP contribution in [0, 0.1) is 13.8 Å². The number of aryl methyl sites for hydroxylation is 2. The van der Waals surface area contributed by atoms with Crippen molar-refractivity contribution < 1.29 is 8.83 Å². The van der Waals surface area contributed by atoms with Gasteiger partial charge in [-0.2, -0.15) is 0 Å². The molecule has 10 rings (SSSR count). The van der Waals surface area contributed by atoms with Gasteiger partial charge in [-0.05, 0) is 121 Å². The van der Waals surface area contributed by atoms with Crippen LogP contribution < -0.4 is 9.80 Å². The van der Waals surface area contributed by atoms with E-state index in [-0.39, 0.29) is 0 Å². The zero-order valence-corrected chi connectivity index (χ0v) is 28.9. The third-order valence-corrected chi connectivity index (χ3v) is 10.2. The Bertz CT molecular complexity index is 2840. The lowest BCUT2D eigenvalue weighted by molar-refractivity contribution is 0.664. The fourth-order valence-corrected chi connectivity index (χ4v) is 7.68. The fraction of sp³-hybridized carbons (Fsp3) is 0.0417. The van der Waals surface area contributed by atoms with Crippen LogP contribution in [0.15, 0.2) is 179 Å². The Balaban J connectivity index is 1.08. The maximum absolute atomic E-state index is 6.62. The van der Waals surface area contributed by atoms with Gasteiger partial charge in [-0.3, -0.25) is 0 Å². The molecule has 0 aliphatic rings. The van der Waals surface area contributed by atoms with Crippen LogP contribution in [0.25, 0.3) is 54.6 Å². The molecular formula is C48H34N2O2. The Morgan fingerprint density at radius 3 is 1.38 bits per heavy atom. The minimum atomic E-state index is 0.841. The van der Waals surface area contributed by atoms with E-state index in [4.69, 9.17) is 8.83 Å². The molecule has 4 heteroatoms. The summed E-state index contributed by atoms with van der Waals surface area (Å²) in [5, 5.41) is 6.50. The van der Waals surface area contributed by atoms with Crippen molar-refractivity contribution in [3.8, 4) is 0 Å². The van der Waals surface area contributed by atoms with Crippen molar-refractivity contribution in [2.45, 2.75) is 13.8 Å². The number of nitrogens with zero attached hydrogens (tertiary/aromatic N) is 2. The second kappa shape index (κ2) is 11.9. The maximum Gasteiger partial charge on any atom is 0.137 e. The summed E-state index contributed by atoms with van der Waals surface area (Å²) in [7, 11) is 0. The second-order valence-corrected chi connectivity index (χ2v) is 13.5. The Morgan fingerprint density at radius 2 is 0.788 bits per heavy atom. The van der Waals surface area contributed by atoms with E-state index in [2.05, 4.69) is 187 Å². The molecule has 52 heavy (non-hydrogen) atoms. The van der Waals surface area contributed by atoms with E-state index in [1.807, 2.05) is 6.07 Å². The van der Waals surface area contributed by atoms with Crippen molar-refractivity contribution in [2.24, 2.45) is 0 Å². The molecule has 2 aromatic heterocycles. The first-order valence-corrected chi connectivity index (χ1v) is 17.7. The van der Waals surface area contributed by atoms with Crippen molar-refractivity contribution in [1.29, 1.82) is 0 Å². The molecular weight excluding hydrogens is 637 g/mol. The summed E-state index contributed by atoms with van der Waals surface area (Å²) < 4.78 is 13.2. The number of anilines is 6. The summed E-state index contributed by atoms with van der Waals surface area (Å²) in [6.07, 6.45) is 0. The molecule has 0 saturated heterocycles. The van der Waals surface area contributed by atoms with Gasteiger partial charge < -0.3 is 18.6 Å². The first-order valence-electron chi connectivity index (χ1n) is 17.7. The summed E-state index contributed by atoms with van der Waals surface area (Å²) in [4.78, 5) is 4.61. The monoisotopic (exact) mass is 670 g/mol. The number of fused-ring (bicyclic) bond motifs is 7. The lowest BCUT2D eigenvalue weighted by Gasteiger charge is -2.27. The summed E-state index contributed by atoms with van der Waals surface area (Å²) in [5.41, 5.74) is 12.5. The summed E-state index contributed by atoms with van der Waals surface area (Å²) in [6.45, 7) is 4.31. The maximum atomic E-state index is 6.62. The van der Waals surface area contributed by atoms with E-state index in [0.29, 0.717) is 0 Å². The van der Waals surface area contributed by atoms with Gasteiger partial charge in [-0.1, -0.05) is 78.9 Å². The fourth-order valence-electron chi connectivity index (χ4n) is 7.68. The molecule has 0 amide bonds. The van der Waals surface area contributed by atoms with E-state index >= 15 is 0 Å². The second-order valence-electron chi connectivity index (χ2n) is 13.5. The number of hydrogen-bond acceptors (Lipinski definition) is 4. The molecule has 8 aromatic carbocycles. The number of furan rings is 2. The van der Waals surface area contributed by atoms with Crippen LogP contribution in [-0.2, 0) is 0 Å². The first-order chi connectivity index (χ1) is 25.6. The van der Waals surface area contributed by atoms with Crippen LogP contribution >= 0.6 is 0 Å². The minimum Gasteiger partial charge on any atom is -0.456 e. The van der Waals surface area contributed by atoms with Gasteiger partial charge in [0, 0.05) is 61.7 Å². The van der Waals surface area contributed by atoms with Gasteiger partial charge >= 0.3 is 0 Å². The molecule has 0 radical (unpaired) electrons. The molecule has 2 heterocycles. The van der Waals surface area contributed by atoms with E-state index in [1.54, 1.807) is 0 Å². The Morgan fingerprint density at radius 1 is 0.327 bits per heavy atom. The van der Waals surface area contributed by atoms with Gasteiger partial charge in [-0.25, -0.2) is 0 Å². The average Bonchev–Trinajstić information content (AvgIpc) is 3.71. The lowest BCUT2D eigenvalue weighted by atomic mass is 10.0. The van der Waals surface area contributed by atoms with Crippen LogP contribution in [-0.4, -0.2) is 0 Å². The van der Waals surface area contributed by atoms with Gasteiger partial charge in [0.15, 0.2) is 0 Å². The van der Waals surface area contributed by atoms with Gasteiger partial charge in [-0.15, -0.1) is 0 Å². The van der Waals surface area contributed by atoms with Crippen LogP contribution in [0.4, 0.5) is 34.1 Å². The van der Waals surface area contributed by atoms with Crippen LogP contribution in [0.2, 0.25) is 0 Å². The van der Waals surface area contributed by atoms with Crippen LogP contribution in [0.3, 0.4) is 0 Å². The molecule has 0 spiro atoms. The molecule has 0 bridgehead atoms. The molecule has 10 aromatic rings. The number of benzene rings is 8. The quantitative estimate of drug-likeness (QED) is 0.176. The molecule has 0 N–H and O–H groups in total. The van der Waals surface area contributed by atoms with Crippen molar-refractivity contribution in [2.75, 3.05) is 9.80 Å². The molecule has 0 saturated carbocycles. The predicted octanol–water partition coefficient (Wildman–Crippen LogP) is 14.2. The van der Waals surface area contributed by atoms with Gasteiger partial charge in [0.05, 0.1) is 0 Å². The van der Waals surface area contributed by atoms with Gasteiger partial charge in [0.25, 0.3) is 0 Å². The highest BCUT2D eigenvalue weighted by Gasteiger charge is 2.19. The molecule has 0 unspecified atom stereocenters. The van der Waals surface area contributed by atoms with Crippen molar-refractivity contribution in [3.05, 3.63) is 181 Å². The molecule has 0 aliphatic heterocycles. The zero-order valence-electron chi connectivity index (χ0n) is 28.9. The van der Waals surface area contributed by atoms with Crippen molar-refractivity contribution in [3.63, 3.8) is 0 Å². The SMILES string of the molecule is Cc1ccccc1N(c1ccccc1)c1ccc2cc3c(cc2c1)oc1cc2c(cc13)oc1cc(N(c3ccccc3)c3ccccc3C)ccc12. The van der Waals surface area contributed by atoms with Gasteiger partial charge in [0.1, 0.15) is 22.3 Å². The highest BCUT2D eigenvalue weighted by Crippen LogP contribution is 2.43.